The van der Waals surface area contributed by atoms with E-state index in [1.807, 2.05) is 37.3 Å². The van der Waals surface area contributed by atoms with Gasteiger partial charge >= 0.3 is 0 Å². The van der Waals surface area contributed by atoms with Crippen LogP contribution in [0.1, 0.15) is 24.5 Å². The minimum atomic E-state index is 0. The van der Waals surface area contributed by atoms with Gasteiger partial charge < -0.3 is 25.0 Å². The third-order valence-electron chi connectivity index (χ3n) is 5.46. The molecule has 1 fully saturated rings. The molecular weight excluding hydrogens is 531 g/mol. The summed E-state index contributed by atoms with van der Waals surface area (Å²) in [5.74, 6) is 3.44. The van der Waals surface area contributed by atoms with Crippen LogP contribution in [-0.4, -0.2) is 69.8 Å². The molecule has 1 aliphatic heterocycles. The van der Waals surface area contributed by atoms with Crippen LogP contribution < -0.4 is 25.0 Å². The summed E-state index contributed by atoms with van der Waals surface area (Å²) in [4.78, 5) is 13.6. The van der Waals surface area contributed by atoms with Crippen LogP contribution in [0.25, 0.3) is 0 Å². The predicted molar refractivity (Wildman–Crippen MR) is 145 cm³/mol. The van der Waals surface area contributed by atoms with Gasteiger partial charge in [-0.05, 0) is 48.7 Å². The number of rotatable bonds is 9. The summed E-state index contributed by atoms with van der Waals surface area (Å²) in [5.41, 5.74) is 2.33. The van der Waals surface area contributed by atoms with Crippen LogP contribution in [0.3, 0.4) is 0 Å². The van der Waals surface area contributed by atoms with E-state index in [-0.39, 0.29) is 24.0 Å². The monoisotopic (exact) mass is 568 g/mol. The molecule has 9 heteroatoms. The first-order valence-corrected chi connectivity index (χ1v) is 11.1. The van der Waals surface area contributed by atoms with Gasteiger partial charge in [-0.2, -0.15) is 0 Å². The Morgan fingerprint density at radius 1 is 1.15 bits per heavy atom. The number of nitrogens with zero attached hydrogens (tertiary/aromatic N) is 4. The van der Waals surface area contributed by atoms with E-state index in [1.54, 1.807) is 14.2 Å². The maximum absolute atomic E-state index is 5.40. The molecule has 8 nitrogen and oxygen atoms in total. The number of hydrogen-bond acceptors (Lipinski definition) is 6. The van der Waals surface area contributed by atoms with Gasteiger partial charge in [0, 0.05) is 58.6 Å². The molecule has 0 amide bonds. The average molecular weight is 569 g/mol. The van der Waals surface area contributed by atoms with E-state index < -0.39 is 0 Å². The topological polar surface area (TPSA) is 74.3 Å². The van der Waals surface area contributed by atoms with Crippen molar-refractivity contribution in [2.45, 2.75) is 32.5 Å². The molecule has 3 rings (SSSR count). The second-order valence-corrected chi connectivity index (χ2v) is 8.20. The summed E-state index contributed by atoms with van der Waals surface area (Å²) in [6.45, 7) is 6.38. The van der Waals surface area contributed by atoms with Gasteiger partial charge in [0.1, 0.15) is 17.3 Å². The molecule has 2 aromatic rings. The molecule has 2 heterocycles. The van der Waals surface area contributed by atoms with E-state index in [0.717, 1.165) is 61.4 Å². The predicted octanol–water partition coefficient (Wildman–Crippen LogP) is 3.11. The molecule has 1 unspecified atom stereocenters. The van der Waals surface area contributed by atoms with Crippen molar-refractivity contribution in [1.29, 1.82) is 0 Å². The molecule has 0 bridgehead atoms. The van der Waals surface area contributed by atoms with Crippen molar-refractivity contribution in [1.82, 2.24) is 20.5 Å². The maximum Gasteiger partial charge on any atom is 0.191 e. The zero-order chi connectivity index (χ0) is 22.9. The first-order valence-electron chi connectivity index (χ1n) is 11.1. The summed E-state index contributed by atoms with van der Waals surface area (Å²) in [7, 11) is 7.36. The van der Waals surface area contributed by atoms with Gasteiger partial charge in [-0.1, -0.05) is 0 Å². The number of likely N-dealkylation sites (tertiary alicyclic amines) is 1. The van der Waals surface area contributed by atoms with Gasteiger partial charge in [0.25, 0.3) is 0 Å². The Balaban J connectivity index is 0.00000385. The summed E-state index contributed by atoms with van der Waals surface area (Å²) in [5, 5.41) is 6.98. The highest BCUT2D eigenvalue weighted by atomic mass is 127. The van der Waals surface area contributed by atoms with E-state index in [4.69, 9.17) is 14.5 Å². The molecule has 0 spiro atoms. The van der Waals surface area contributed by atoms with Gasteiger partial charge in [-0.3, -0.25) is 4.90 Å². The fourth-order valence-corrected chi connectivity index (χ4v) is 3.80. The highest BCUT2D eigenvalue weighted by Gasteiger charge is 2.23. The Hall–Kier alpha value is -2.27. The molecule has 2 N–H and O–H groups in total. The van der Waals surface area contributed by atoms with Crippen LogP contribution >= 0.6 is 24.0 Å². The number of benzene rings is 1. The first kappa shape index (κ1) is 27.0. The van der Waals surface area contributed by atoms with Crippen molar-refractivity contribution in [2.75, 3.05) is 52.8 Å². The van der Waals surface area contributed by atoms with Crippen LogP contribution in [0.2, 0.25) is 0 Å². The van der Waals surface area contributed by atoms with Crippen LogP contribution in [0.4, 0.5) is 5.82 Å². The highest BCUT2D eigenvalue weighted by molar-refractivity contribution is 14.0. The van der Waals surface area contributed by atoms with Gasteiger partial charge in [-0.25, -0.2) is 9.98 Å². The fourth-order valence-electron chi connectivity index (χ4n) is 3.80. The van der Waals surface area contributed by atoms with E-state index >= 15 is 0 Å². The Labute approximate surface area is 214 Å². The minimum Gasteiger partial charge on any atom is -0.497 e. The summed E-state index contributed by atoms with van der Waals surface area (Å²) in [6, 6.07) is 10.5. The number of pyridine rings is 1. The zero-order valence-electron chi connectivity index (χ0n) is 20.3. The highest BCUT2D eigenvalue weighted by Crippen LogP contribution is 2.24. The Bertz CT molecular complexity index is 886. The SMILES string of the molecule is CCNC(=NCc1ccnc(N(C)C)c1)NC1CCN(Cc2cc(OC)cc(OC)c2)C1.I. The number of ether oxygens (including phenoxy) is 2. The lowest BCUT2D eigenvalue weighted by atomic mass is 10.2. The number of hydrogen-bond donors (Lipinski definition) is 2. The third kappa shape index (κ3) is 8.22. The number of guanidine groups is 1. The number of halogens is 1. The Morgan fingerprint density at radius 2 is 1.88 bits per heavy atom. The minimum absolute atomic E-state index is 0. The molecule has 182 valence electrons. The normalized spacial score (nSPS) is 16.2. The lowest BCUT2D eigenvalue weighted by Crippen LogP contribution is -2.44. The molecule has 1 saturated heterocycles. The Morgan fingerprint density at radius 3 is 2.52 bits per heavy atom. The Kier molecular flexibility index (Phi) is 11.0. The standard InChI is InChI=1S/C24H36N6O2.HI/c1-6-25-24(27-15-18-7-9-26-23(13-18)29(2)3)28-20-8-10-30(17-20)16-19-11-21(31-4)14-22(12-19)32-5;/h7,9,11-14,20H,6,8,10,15-17H2,1-5H3,(H2,25,27,28);1H. The van der Waals surface area contributed by atoms with Crippen molar-refractivity contribution in [3.05, 3.63) is 47.7 Å². The van der Waals surface area contributed by atoms with Crippen LogP contribution in [0, 0.1) is 0 Å². The molecular formula is C24H37IN6O2. The lowest BCUT2D eigenvalue weighted by molar-refractivity contribution is 0.321. The second-order valence-electron chi connectivity index (χ2n) is 8.20. The second kappa shape index (κ2) is 13.4. The smallest absolute Gasteiger partial charge is 0.191 e. The molecule has 1 aromatic heterocycles. The van der Waals surface area contributed by atoms with Crippen LogP contribution in [0.15, 0.2) is 41.5 Å². The van der Waals surface area contributed by atoms with Crippen molar-refractivity contribution < 1.29 is 9.47 Å². The van der Waals surface area contributed by atoms with E-state index in [0.29, 0.717) is 12.6 Å². The van der Waals surface area contributed by atoms with Crippen molar-refractivity contribution >= 4 is 35.8 Å². The fraction of sp³-hybridized carbons (Fsp3) is 0.500. The van der Waals surface area contributed by atoms with Crippen LogP contribution in [0.5, 0.6) is 11.5 Å². The molecule has 1 aliphatic rings. The molecule has 0 radical (unpaired) electrons. The summed E-state index contributed by atoms with van der Waals surface area (Å²) < 4.78 is 10.8. The molecule has 0 saturated carbocycles. The first-order chi connectivity index (χ1) is 15.5. The van der Waals surface area contributed by atoms with Gasteiger partial charge in [0.2, 0.25) is 0 Å². The molecule has 1 atom stereocenters. The number of methoxy groups -OCH3 is 2. The quantitative estimate of drug-likeness (QED) is 0.274. The summed E-state index contributed by atoms with van der Waals surface area (Å²) in [6.07, 6.45) is 2.91. The van der Waals surface area contributed by atoms with Crippen molar-refractivity contribution in [3.8, 4) is 11.5 Å². The largest absolute Gasteiger partial charge is 0.497 e. The van der Waals surface area contributed by atoms with Gasteiger partial charge in [0.05, 0.1) is 20.8 Å². The third-order valence-corrected chi connectivity index (χ3v) is 5.46. The van der Waals surface area contributed by atoms with E-state index in [2.05, 4.69) is 45.6 Å². The molecule has 0 aliphatic carbocycles. The van der Waals surface area contributed by atoms with Crippen LogP contribution in [-0.2, 0) is 13.1 Å². The number of aliphatic imine (C=N–C) groups is 1. The summed E-state index contributed by atoms with van der Waals surface area (Å²) >= 11 is 0. The number of nitrogens with one attached hydrogen (secondary N) is 2. The van der Waals surface area contributed by atoms with E-state index in [9.17, 15) is 0 Å². The zero-order valence-corrected chi connectivity index (χ0v) is 22.6. The van der Waals surface area contributed by atoms with E-state index in [1.165, 1.54) is 5.56 Å². The maximum atomic E-state index is 5.40. The van der Waals surface area contributed by atoms with Gasteiger partial charge in [-0.15, -0.1) is 24.0 Å². The molecule has 33 heavy (non-hydrogen) atoms. The lowest BCUT2D eigenvalue weighted by Gasteiger charge is -2.19. The van der Waals surface area contributed by atoms with Crippen molar-refractivity contribution in [2.24, 2.45) is 4.99 Å². The number of aromatic nitrogens is 1. The van der Waals surface area contributed by atoms with Crippen molar-refractivity contribution in [3.63, 3.8) is 0 Å². The number of anilines is 1. The molecule has 1 aromatic carbocycles. The average Bonchev–Trinajstić information content (AvgIpc) is 3.24. The van der Waals surface area contributed by atoms with Gasteiger partial charge in [0.15, 0.2) is 5.96 Å².